The Bertz CT molecular complexity index is 495. The maximum atomic E-state index is 12.9. The molecule has 3 amide bonds. The fourth-order valence-electron chi connectivity index (χ4n) is 3.09. The third kappa shape index (κ3) is 4.35. The Morgan fingerprint density at radius 3 is 2.52 bits per heavy atom. The van der Waals surface area contributed by atoms with E-state index >= 15 is 0 Å². The average Bonchev–Trinajstić information content (AvgIpc) is 2.82. The minimum atomic E-state index is -4.47. The van der Waals surface area contributed by atoms with Gasteiger partial charge in [-0.05, 0) is 19.3 Å². The van der Waals surface area contributed by atoms with E-state index < -0.39 is 30.1 Å². The van der Waals surface area contributed by atoms with Crippen LogP contribution in [0.2, 0.25) is 0 Å². The van der Waals surface area contributed by atoms with E-state index in [4.69, 9.17) is 0 Å². The molecule has 0 unspecified atom stereocenters. The molecule has 2 aliphatic rings. The van der Waals surface area contributed by atoms with Crippen LogP contribution in [0.15, 0.2) is 0 Å². The van der Waals surface area contributed by atoms with E-state index in [2.05, 4.69) is 5.32 Å². The van der Waals surface area contributed by atoms with Crippen molar-refractivity contribution in [3.8, 4) is 0 Å². The average molecular weight is 335 g/mol. The smallest absolute Gasteiger partial charge is 0.350 e. The van der Waals surface area contributed by atoms with Gasteiger partial charge in [-0.2, -0.15) is 13.2 Å². The number of likely N-dealkylation sites (tertiary alicyclic amines) is 2. The van der Waals surface area contributed by atoms with Crippen LogP contribution in [-0.4, -0.2) is 65.4 Å². The van der Waals surface area contributed by atoms with Gasteiger partial charge in [-0.15, -0.1) is 0 Å². The molecule has 23 heavy (non-hydrogen) atoms. The molecule has 0 saturated carbocycles. The molecule has 0 radical (unpaired) electrons. The first-order valence-electron chi connectivity index (χ1n) is 7.59. The van der Waals surface area contributed by atoms with E-state index in [-0.39, 0.29) is 31.8 Å². The van der Waals surface area contributed by atoms with Crippen LogP contribution in [0.4, 0.5) is 13.2 Å². The van der Waals surface area contributed by atoms with Crippen LogP contribution in [0.5, 0.6) is 0 Å². The van der Waals surface area contributed by atoms with Crippen molar-refractivity contribution in [1.82, 2.24) is 15.1 Å². The lowest BCUT2D eigenvalue weighted by molar-refractivity contribution is -0.196. The molecule has 0 bridgehead atoms. The molecule has 0 spiro atoms. The zero-order valence-electron chi connectivity index (χ0n) is 12.9. The second-order valence-corrected chi connectivity index (χ2v) is 5.99. The largest absolute Gasteiger partial charge is 0.408 e. The quantitative estimate of drug-likeness (QED) is 0.824. The molecule has 0 aromatic heterocycles. The second kappa shape index (κ2) is 6.76. The number of alkyl halides is 3. The van der Waals surface area contributed by atoms with Crippen LogP contribution in [0.3, 0.4) is 0 Å². The highest BCUT2D eigenvalue weighted by Crippen LogP contribution is 2.32. The summed E-state index contributed by atoms with van der Waals surface area (Å²) >= 11 is 0. The molecule has 9 heteroatoms. The van der Waals surface area contributed by atoms with Gasteiger partial charge in [0, 0.05) is 32.5 Å². The standard InChI is InChI=1S/C14H20F3N3O3/c1-9(21)20-7-10(4-5-11(20)14(15,16)17)18-12(22)8-19-6-2-3-13(19)23/h10-11H,2-8H2,1H3,(H,18,22)/t10-,11+/m1/s1. The Hall–Kier alpha value is -1.80. The number of hydrogen-bond acceptors (Lipinski definition) is 3. The van der Waals surface area contributed by atoms with Crippen molar-refractivity contribution >= 4 is 17.7 Å². The molecule has 130 valence electrons. The van der Waals surface area contributed by atoms with Gasteiger partial charge in [-0.1, -0.05) is 0 Å². The van der Waals surface area contributed by atoms with E-state index in [1.807, 2.05) is 0 Å². The van der Waals surface area contributed by atoms with Gasteiger partial charge in [-0.25, -0.2) is 0 Å². The maximum Gasteiger partial charge on any atom is 0.408 e. The molecule has 2 fully saturated rings. The molecule has 0 aromatic rings. The Balaban J connectivity index is 1.91. The minimum absolute atomic E-state index is 0.0852. The fraction of sp³-hybridized carbons (Fsp3) is 0.786. The number of carbonyl (C=O) groups is 3. The first-order chi connectivity index (χ1) is 10.7. The van der Waals surface area contributed by atoms with Gasteiger partial charge in [0.2, 0.25) is 17.7 Å². The lowest BCUT2D eigenvalue weighted by atomic mass is 9.97. The zero-order chi connectivity index (χ0) is 17.2. The number of amides is 3. The highest BCUT2D eigenvalue weighted by molar-refractivity contribution is 5.86. The zero-order valence-corrected chi connectivity index (χ0v) is 12.9. The van der Waals surface area contributed by atoms with Gasteiger partial charge in [0.05, 0.1) is 6.54 Å². The third-order valence-electron chi connectivity index (χ3n) is 4.24. The Morgan fingerprint density at radius 2 is 2.00 bits per heavy atom. The molecule has 2 heterocycles. The Morgan fingerprint density at radius 1 is 1.30 bits per heavy atom. The normalized spacial score (nSPS) is 25.7. The predicted octanol–water partition coefficient (Wildman–Crippen LogP) is 0.667. The van der Waals surface area contributed by atoms with Crippen LogP contribution in [0, 0.1) is 0 Å². The first kappa shape index (κ1) is 17.6. The molecule has 2 saturated heterocycles. The predicted molar refractivity (Wildman–Crippen MR) is 74.2 cm³/mol. The molecule has 2 atom stereocenters. The van der Waals surface area contributed by atoms with Crippen LogP contribution >= 0.6 is 0 Å². The van der Waals surface area contributed by atoms with Gasteiger partial charge in [0.15, 0.2) is 0 Å². The summed E-state index contributed by atoms with van der Waals surface area (Å²) in [6.07, 6.45) is -3.43. The van der Waals surface area contributed by atoms with Crippen LogP contribution in [0.25, 0.3) is 0 Å². The summed E-state index contributed by atoms with van der Waals surface area (Å²) in [6.45, 7) is 1.36. The third-order valence-corrected chi connectivity index (χ3v) is 4.24. The summed E-state index contributed by atoms with van der Waals surface area (Å²) < 4.78 is 38.8. The molecule has 2 rings (SSSR count). The second-order valence-electron chi connectivity index (χ2n) is 5.99. The summed E-state index contributed by atoms with van der Waals surface area (Å²) in [4.78, 5) is 37.1. The summed E-state index contributed by atoms with van der Waals surface area (Å²) in [5.41, 5.74) is 0. The summed E-state index contributed by atoms with van der Waals surface area (Å²) in [5, 5.41) is 2.63. The minimum Gasteiger partial charge on any atom is -0.350 e. The van der Waals surface area contributed by atoms with Crippen molar-refractivity contribution in [3.05, 3.63) is 0 Å². The van der Waals surface area contributed by atoms with Crippen LogP contribution in [0.1, 0.15) is 32.6 Å². The Labute approximate surface area is 132 Å². The van der Waals surface area contributed by atoms with E-state index in [0.29, 0.717) is 19.4 Å². The monoisotopic (exact) mass is 335 g/mol. The molecular weight excluding hydrogens is 315 g/mol. The molecule has 0 aliphatic carbocycles. The highest BCUT2D eigenvalue weighted by atomic mass is 19.4. The lowest BCUT2D eigenvalue weighted by Crippen LogP contribution is -2.58. The molecule has 6 nitrogen and oxygen atoms in total. The summed E-state index contributed by atoms with van der Waals surface area (Å²) in [6, 6.07) is -2.32. The Kier molecular flexibility index (Phi) is 5.16. The first-order valence-corrected chi connectivity index (χ1v) is 7.59. The van der Waals surface area contributed by atoms with E-state index in [0.717, 1.165) is 11.8 Å². The summed E-state index contributed by atoms with van der Waals surface area (Å²) in [5.74, 6) is -1.16. The van der Waals surface area contributed by atoms with Crippen molar-refractivity contribution in [2.24, 2.45) is 0 Å². The SMILES string of the molecule is CC(=O)N1C[C@H](NC(=O)CN2CCCC2=O)CC[C@H]1C(F)(F)F. The van der Waals surface area contributed by atoms with Crippen molar-refractivity contribution < 1.29 is 27.6 Å². The van der Waals surface area contributed by atoms with Gasteiger partial charge in [-0.3, -0.25) is 14.4 Å². The number of hydrogen-bond donors (Lipinski definition) is 1. The van der Waals surface area contributed by atoms with Crippen molar-refractivity contribution in [2.45, 2.75) is 50.9 Å². The van der Waals surface area contributed by atoms with Gasteiger partial charge in [0.1, 0.15) is 6.04 Å². The molecule has 2 aliphatic heterocycles. The van der Waals surface area contributed by atoms with Gasteiger partial charge in [0.25, 0.3) is 0 Å². The number of rotatable bonds is 3. The van der Waals surface area contributed by atoms with E-state index in [9.17, 15) is 27.6 Å². The van der Waals surface area contributed by atoms with Crippen LogP contribution in [-0.2, 0) is 14.4 Å². The van der Waals surface area contributed by atoms with Gasteiger partial charge < -0.3 is 15.1 Å². The van der Waals surface area contributed by atoms with Crippen molar-refractivity contribution in [1.29, 1.82) is 0 Å². The van der Waals surface area contributed by atoms with E-state index in [1.54, 1.807) is 0 Å². The van der Waals surface area contributed by atoms with Crippen molar-refractivity contribution in [3.63, 3.8) is 0 Å². The van der Waals surface area contributed by atoms with Crippen LogP contribution < -0.4 is 5.32 Å². The molecular formula is C14H20F3N3O3. The number of piperidine rings is 1. The topological polar surface area (TPSA) is 69.7 Å². The maximum absolute atomic E-state index is 12.9. The van der Waals surface area contributed by atoms with Crippen molar-refractivity contribution in [2.75, 3.05) is 19.6 Å². The number of nitrogens with zero attached hydrogens (tertiary/aromatic N) is 2. The number of halogens is 3. The highest BCUT2D eigenvalue weighted by Gasteiger charge is 2.47. The van der Waals surface area contributed by atoms with E-state index in [1.165, 1.54) is 4.90 Å². The molecule has 0 aromatic carbocycles. The number of nitrogens with one attached hydrogen (secondary N) is 1. The number of carbonyl (C=O) groups excluding carboxylic acids is 3. The fourth-order valence-corrected chi connectivity index (χ4v) is 3.09. The lowest BCUT2D eigenvalue weighted by Gasteiger charge is -2.40. The van der Waals surface area contributed by atoms with Gasteiger partial charge >= 0.3 is 6.18 Å². The molecule has 1 N–H and O–H groups in total. The summed E-state index contributed by atoms with van der Waals surface area (Å²) in [7, 11) is 0.